The summed E-state index contributed by atoms with van der Waals surface area (Å²) in [6.45, 7) is 2.11. The molecule has 1 aromatic carbocycles. The Morgan fingerprint density at radius 1 is 1.44 bits per heavy atom. The van der Waals surface area contributed by atoms with E-state index < -0.39 is 0 Å². The van der Waals surface area contributed by atoms with Gasteiger partial charge < -0.3 is 9.26 Å². The van der Waals surface area contributed by atoms with Crippen molar-refractivity contribution in [3.63, 3.8) is 0 Å². The van der Waals surface area contributed by atoms with E-state index in [2.05, 4.69) is 21.1 Å². The molecule has 0 aliphatic carbocycles. The summed E-state index contributed by atoms with van der Waals surface area (Å²) in [5.74, 6) is 0.892. The normalized spacial score (nSPS) is 10.4. The Morgan fingerprint density at radius 3 is 2.88 bits per heavy atom. The van der Waals surface area contributed by atoms with Crippen LogP contribution in [0.5, 0.6) is 5.75 Å². The maximum atomic E-state index is 12.9. The smallest absolute Gasteiger partial charge is 0.174 e. The Labute approximate surface area is 100 Å². The number of halogens is 2. The fourth-order valence-electron chi connectivity index (χ4n) is 1.21. The van der Waals surface area contributed by atoms with Gasteiger partial charge in [0.15, 0.2) is 5.76 Å². The average Bonchev–Trinajstić information content (AvgIpc) is 2.66. The van der Waals surface area contributed by atoms with E-state index in [-0.39, 0.29) is 12.4 Å². The van der Waals surface area contributed by atoms with Gasteiger partial charge in [-0.3, -0.25) is 0 Å². The monoisotopic (exact) mass is 285 g/mol. The Hall–Kier alpha value is -1.36. The maximum Gasteiger partial charge on any atom is 0.174 e. The van der Waals surface area contributed by atoms with Crippen molar-refractivity contribution < 1.29 is 13.7 Å². The number of aryl methyl sites for hydroxylation is 1. The zero-order valence-electron chi connectivity index (χ0n) is 8.54. The molecule has 0 saturated heterocycles. The molecule has 84 valence electrons. The highest BCUT2D eigenvalue weighted by Crippen LogP contribution is 2.22. The summed E-state index contributed by atoms with van der Waals surface area (Å²) in [6, 6.07) is 6.26. The van der Waals surface area contributed by atoms with Gasteiger partial charge in [0.05, 0.1) is 10.2 Å². The summed E-state index contributed by atoms with van der Waals surface area (Å²) in [7, 11) is 0. The molecule has 5 heteroatoms. The van der Waals surface area contributed by atoms with Crippen LogP contribution in [0.4, 0.5) is 4.39 Å². The summed E-state index contributed by atoms with van der Waals surface area (Å²) >= 11 is 3.09. The van der Waals surface area contributed by atoms with Crippen molar-refractivity contribution in [2.24, 2.45) is 0 Å². The minimum Gasteiger partial charge on any atom is -0.486 e. The highest BCUT2D eigenvalue weighted by Gasteiger charge is 2.04. The lowest BCUT2D eigenvalue weighted by molar-refractivity contribution is 0.248. The van der Waals surface area contributed by atoms with Crippen LogP contribution in [-0.2, 0) is 6.61 Å². The van der Waals surface area contributed by atoms with Crippen LogP contribution >= 0.6 is 15.9 Å². The van der Waals surface area contributed by atoms with Crippen LogP contribution in [0.25, 0.3) is 0 Å². The van der Waals surface area contributed by atoms with Crippen molar-refractivity contribution >= 4 is 15.9 Å². The molecule has 0 fully saturated rings. The van der Waals surface area contributed by atoms with Crippen molar-refractivity contribution in [1.29, 1.82) is 0 Å². The Morgan fingerprint density at radius 2 is 2.25 bits per heavy atom. The number of rotatable bonds is 3. The largest absolute Gasteiger partial charge is 0.486 e. The molecule has 0 aliphatic heterocycles. The van der Waals surface area contributed by atoms with Gasteiger partial charge in [0.1, 0.15) is 18.2 Å². The molecule has 0 unspecified atom stereocenters. The molecule has 0 radical (unpaired) electrons. The van der Waals surface area contributed by atoms with Gasteiger partial charge in [-0.25, -0.2) is 4.39 Å². The molecule has 3 nitrogen and oxygen atoms in total. The van der Waals surface area contributed by atoms with Gasteiger partial charge >= 0.3 is 0 Å². The van der Waals surface area contributed by atoms with Gasteiger partial charge in [0.25, 0.3) is 0 Å². The van der Waals surface area contributed by atoms with Crippen LogP contribution in [0.15, 0.2) is 33.3 Å². The molecule has 2 aromatic rings. The highest BCUT2D eigenvalue weighted by atomic mass is 79.9. The molecule has 16 heavy (non-hydrogen) atoms. The first-order chi connectivity index (χ1) is 7.65. The van der Waals surface area contributed by atoms with Crippen LogP contribution in [0.3, 0.4) is 0 Å². The van der Waals surface area contributed by atoms with Crippen molar-refractivity contribution in [2.45, 2.75) is 13.5 Å². The first kappa shape index (κ1) is 11.1. The third-order valence-corrected chi connectivity index (χ3v) is 2.56. The molecule has 1 heterocycles. The predicted molar refractivity (Wildman–Crippen MR) is 59.7 cm³/mol. The minimum atomic E-state index is -0.317. The van der Waals surface area contributed by atoms with Crippen LogP contribution in [0, 0.1) is 12.7 Å². The van der Waals surface area contributed by atoms with E-state index in [9.17, 15) is 4.39 Å². The number of hydrogen-bond acceptors (Lipinski definition) is 3. The lowest BCUT2D eigenvalue weighted by Crippen LogP contribution is -1.94. The molecular weight excluding hydrogens is 277 g/mol. The standard InChI is InChI=1S/C11H9BrFNO2/c1-7-4-9(16-14-7)6-15-8-2-3-11(13)10(12)5-8/h2-5H,6H2,1H3. The van der Waals surface area contributed by atoms with Gasteiger partial charge in [-0.15, -0.1) is 0 Å². The zero-order valence-corrected chi connectivity index (χ0v) is 10.1. The third-order valence-electron chi connectivity index (χ3n) is 1.95. The zero-order chi connectivity index (χ0) is 11.5. The number of ether oxygens (including phenoxy) is 1. The van der Waals surface area contributed by atoms with Crippen LogP contribution in [0.1, 0.15) is 11.5 Å². The molecular formula is C11H9BrFNO2. The molecule has 1 aromatic heterocycles. The maximum absolute atomic E-state index is 12.9. The van der Waals surface area contributed by atoms with E-state index >= 15 is 0 Å². The number of aromatic nitrogens is 1. The van der Waals surface area contributed by atoms with Gasteiger partial charge in [0, 0.05) is 6.07 Å². The molecule has 0 bridgehead atoms. The first-order valence-electron chi connectivity index (χ1n) is 4.65. The SMILES string of the molecule is Cc1cc(COc2ccc(F)c(Br)c2)on1. The van der Waals surface area contributed by atoms with Crippen LogP contribution < -0.4 is 4.74 Å². The van der Waals surface area contributed by atoms with E-state index in [1.807, 2.05) is 6.92 Å². The van der Waals surface area contributed by atoms with Gasteiger partial charge in [-0.1, -0.05) is 5.16 Å². The first-order valence-corrected chi connectivity index (χ1v) is 5.44. The molecule has 2 rings (SSSR count). The van der Waals surface area contributed by atoms with Gasteiger partial charge in [0.2, 0.25) is 0 Å². The van der Waals surface area contributed by atoms with Crippen molar-refractivity contribution in [1.82, 2.24) is 5.16 Å². The quantitative estimate of drug-likeness (QED) is 0.866. The van der Waals surface area contributed by atoms with E-state index in [4.69, 9.17) is 9.26 Å². The van der Waals surface area contributed by atoms with E-state index in [1.54, 1.807) is 18.2 Å². The fourth-order valence-corrected chi connectivity index (χ4v) is 1.56. The number of hydrogen-bond donors (Lipinski definition) is 0. The molecule has 0 N–H and O–H groups in total. The molecule has 0 atom stereocenters. The minimum absolute atomic E-state index is 0.277. The Balaban J connectivity index is 2.02. The van der Waals surface area contributed by atoms with Gasteiger partial charge in [-0.2, -0.15) is 0 Å². The third kappa shape index (κ3) is 2.61. The second-order valence-corrected chi connectivity index (χ2v) is 4.15. The summed E-state index contributed by atoms with van der Waals surface area (Å²) < 4.78 is 23.7. The number of benzene rings is 1. The average molecular weight is 286 g/mol. The Bertz CT molecular complexity index is 498. The second kappa shape index (κ2) is 4.65. The molecule has 0 aliphatic rings. The predicted octanol–water partition coefficient (Wildman–Crippen LogP) is 3.46. The van der Waals surface area contributed by atoms with Crippen LogP contribution in [-0.4, -0.2) is 5.16 Å². The second-order valence-electron chi connectivity index (χ2n) is 3.30. The summed E-state index contributed by atoms with van der Waals surface area (Å²) in [5, 5.41) is 3.74. The summed E-state index contributed by atoms with van der Waals surface area (Å²) in [5.41, 5.74) is 0.805. The van der Waals surface area contributed by atoms with Crippen molar-refractivity contribution in [3.8, 4) is 5.75 Å². The summed E-state index contributed by atoms with van der Waals surface area (Å²) in [6.07, 6.45) is 0. The highest BCUT2D eigenvalue weighted by molar-refractivity contribution is 9.10. The summed E-state index contributed by atoms with van der Waals surface area (Å²) in [4.78, 5) is 0. The number of nitrogens with zero attached hydrogens (tertiary/aromatic N) is 1. The topological polar surface area (TPSA) is 35.3 Å². The lowest BCUT2D eigenvalue weighted by Gasteiger charge is -2.04. The molecule has 0 amide bonds. The van der Waals surface area contributed by atoms with E-state index in [0.717, 1.165) is 5.69 Å². The van der Waals surface area contributed by atoms with Gasteiger partial charge in [-0.05, 0) is 41.1 Å². The Kier molecular flexibility index (Phi) is 3.24. The lowest BCUT2D eigenvalue weighted by atomic mass is 10.3. The van der Waals surface area contributed by atoms with Crippen molar-refractivity contribution in [2.75, 3.05) is 0 Å². The molecule has 0 saturated carbocycles. The van der Waals surface area contributed by atoms with E-state index in [0.29, 0.717) is 16.0 Å². The molecule has 0 spiro atoms. The van der Waals surface area contributed by atoms with Crippen LogP contribution in [0.2, 0.25) is 0 Å². The van der Waals surface area contributed by atoms with Crippen molar-refractivity contribution in [3.05, 3.63) is 46.0 Å². The van der Waals surface area contributed by atoms with E-state index in [1.165, 1.54) is 6.07 Å². The fraction of sp³-hybridized carbons (Fsp3) is 0.182.